The van der Waals surface area contributed by atoms with Crippen molar-refractivity contribution in [2.75, 3.05) is 25.2 Å². The molecule has 27 heavy (non-hydrogen) atoms. The molecule has 0 saturated carbocycles. The van der Waals surface area contributed by atoms with Gasteiger partial charge in [0.25, 0.3) is 0 Å². The van der Waals surface area contributed by atoms with Crippen LogP contribution in [0.3, 0.4) is 0 Å². The molecule has 0 aromatic heterocycles. The van der Waals surface area contributed by atoms with Crippen LogP contribution >= 0.6 is 11.8 Å². The molecule has 0 spiro atoms. The minimum atomic E-state index is -3.59. The van der Waals surface area contributed by atoms with E-state index in [0.717, 1.165) is 21.0 Å². The fourth-order valence-electron chi connectivity index (χ4n) is 2.39. The summed E-state index contributed by atoms with van der Waals surface area (Å²) >= 11 is 1.36. The van der Waals surface area contributed by atoms with Gasteiger partial charge in [-0.25, -0.2) is 17.1 Å². The second-order valence-corrected chi connectivity index (χ2v) is 9.51. The summed E-state index contributed by atoms with van der Waals surface area (Å²) in [6.07, 6.45) is 0. The molecule has 146 valence electrons. The average Bonchev–Trinajstić information content (AvgIpc) is 2.58. The molecule has 0 aliphatic rings. The molecule has 2 rings (SSSR count). The summed E-state index contributed by atoms with van der Waals surface area (Å²) < 4.78 is 39.0. The van der Waals surface area contributed by atoms with Crippen LogP contribution in [-0.4, -0.2) is 38.5 Å². The number of thioether (sulfide) groups is 1. The maximum absolute atomic E-state index is 13.2. The molecule has 0 fully saturated rings. The number of hydrogen-bond donors (Lipinski definition) is 1. The van der Waals surface area contributed by atoms with Gasteiger partial charge in [0.2, 0.25) is 15.9 Å². The van der Waals surface area contributed by atoms with Crippen LogP contribution in [0.25, 0.3) is 0 Å². The van der Waals surface area contributed by atoms with Gasteiger partial charge in [-0.3, -0.25) is 4.79 Å². The Hall–Kier alpha value is -1.90. The van der Waals surface area contributed by atoms with E-state index in [0.29, 0.717) is 11.4 Å². The Kier molecular flexibility index (Phi) is 7.02. The molecule has 0 atom stereocenters. The zero-order valence-corrected chi connectivity index (χ0v) is 17.4. The van der Waals surface area contributed by atoms with E-state index in [1.165, 1.54) is 44.1 Å². The van der Waals surface area contributed by atoms with Crippen LogP contribution in [0.4, 0.5) is 10.1 Å². The van der Waals surface area contributed by atoms with Crippen LogP contribution < -0.4 is 5.32 Å². The van der Waals surface area contributed by atoms with E-state index < -0.39 is 10.0 Å². The van der Waals surface area contributed by atoms with E-state index in [1.54, 1.807) is 25.1 Å². The van der Waals surface area contributed by atoms with Crippen molar-refractivity contribution in [2.24, 2.45) is 0 Å². The Labute approximate surface area is 164 Å². The van der Waals surface area contributed by atoms with Crippen molar-refractivity contribution in [3.8, 4) is 0 Å². The van der Waals surface area contributed by atoms with Crippen LogP contribution in [0.1, 0.15) is 16.7 Å². The predicted octanol–water partition coefficient (Wildman–Crippen LogP) is 3.56. The number of nitrogens with one attached hydrogen (secondary N) is 1. The third-order valence-electron chi connectivity index (χ3n) is 4.08. The Morgan fingerprint density at radius 1 is 1.19 bits per heavy atom. The Morgan fingerprint density at radius 2 is 1.89 bits per heavy atom. The molecule has 1 N–H and O–H groups in total. The molecule has 0 unspecified atom stereocenters. The number of anilines is 1. The van der Waals surface area contributed by atoms with E-state index in [4.69, 9.17) is 0 Å². The molecule has 0 radical (unpaired) electrons. The average molecular weight is 411 g/mol. The van der Waals surface area contributed by atoms with Gasteiger partial charge in [0, 0.05) is 25.5 Å². The molecular formula is C19H23FN2O3S2. The normalized spacial score (nSPS) is 11.6. The maximum Gasteiger partial charge on any atom is 0.242 e. The van der Waals surface area contributed by atoms with Crippen LogP contribution in [0.5, 0.6) is 0 Å². The van der Waals surface area contributed by atoms with Crippen molar-refractivity contribution < 1.29 is 17.6 Å². The molecule has 2 aromatic carbocycles. The topological polar surface area (TPSA) is 66.5 Å². The lowest BCUT2D eigenvalue weighted by Gasteiger charge is -2.16. The lowest BCUT2D eigenvalue weighted by atomic mass is 10.1. The first-order valence-electron chi connectivity index (χ1n) is 8.27. The van der Waals surface area contributed by atoms with E-state index in [-0.39, 0.29) is 22.4 Å². The lowest BCUT2D eigenvalue weighted by molar-refractivity contribution is -0.113. The van der Waals surface area contributed by atoms with Gasteiger partial charge < -0.3 is 5.32 Å². The molecule has 5 nitrogen and oxygen atoms in total. The van der Waals surface area contributed by atoms with Gasteiger partial charge in [-0.15, -0.1) is 11.8 Å². The van der Waals surface area contributed by atoms with Crippen LogP contribution in [0, 0.1) is 19.7 Å². The van der Waals surface area contributed by atoms with Crippen LogP contribution in [-0.2, 0) is 20.6 Å². The highest BCUT2D eigenvalue weighted by atomic mass is 32.2. The first kappa shape index (κ1) is 21.4. The highest BCUT2D eigenvalue weighted by Gasteiger charge is 2.20. The number of carbonyl (C=O) groups excluding carboxylic acids is 1. The summed E-state index contributed by atoms with van der Waals surface area (Å²) in [4.78, 5) is 12.4. The van der Waals surface area contributed by atoms with Crippen molar-refractivity contribution in [2.45, 2.75) is 24.5 Å². The van der Waals surface area contributed by atoms with Gasteiger partial charge in [0.05, 0.1) is 10.6 Å². The smallest absolute Gasteiger partial charge is 0.242 e. The van der Waals surface area contributed by atoms with E-state index in [1.807, 2.05) is 6.92 Å². The second kappa shape index (κ2) is 8.86. The number of benzene rings is 2. The molecule has 0 aliphatic carbocycles. The number of carbonyl (C=O) groups is 1. The van der Waals surface area contributed by atoms with Crippen molar-refractivity contribution in [3.05, 3.63) is 58.9 Å². The number of nitrogens with zero attached hydrogens (tertiary/aromatic N) is 1. The van der Waals surface area contributed by atoms with Gasteiger partial charge >= 0.3 is 0 Å². The quantitative estimate of drug-likeness (QED) is 0.758. The standard InChI is InChI=1S/C19H23FN2O3S2/c1-13-8-17(27(24,25)22(3)4)10-18(14(13)2)21-19(23)12-26-11-15-6-5-7-16(20)9-15/h5-10H,11-12H2,1-4H3,(H,21,23). The highest BCUT2D eigenvalue weighted by molar-refractivity contribution is 7.99. The second-order valence-electron chi connectivity index (χ2n) is 6.37. The fraction of sp³-hybridized carbons (Fsp3) is 0.316. The first-order valence-corrected chi connectivity index (χ1v) is 10.9. The van der Waals surface area contributed by atoms with E-state index in [2.05, 4.69) is 5.32 Å². The van der Waals surface area contributed by atoms with E-state index >= 15 is 0 Å². The summed E-state index contributed by atoms with van der Waals surface area (Å²) in [6.45, 7) is 3.63. The Bertz CT molecular complexity index is 944. The summed E-state index contributed by atoms with van der Waals surface area (Å²) in [5.74, 6) is 0.151. The highest BCUT2D eigenvalue weighted by Crippen LogP contribution is 2.26. The van der Waals surface area contributed by atoms with Crippen LogP contribution in [0.2, 0.25) is 0 Å². The van der Waals surface area contributed by atoms with E-state index in [9.17, 15) is 17.6 Å². The number of halogens is 1. The fourth-order valence-corrected chi connectivity index (χ4v) is 4.18. The zero-order chi connectivity index (χ0) is 20.2. The van der Waals surface area contributed by atoms with Gasteiger partial charge in [0.15, 0.2) is 0 Å². The summed E-state index contributed by atoms with van der Waals surface area (Å²) in [5.41, 5.74) is 2.88. The van der Waals surface area contributed by atoms with Crippen molar-refractivity contribution >= 4 is 33.4 Å². The molecule has 1 amide bonds. The Balaban J connectivity index is 2.07. The number of hydrogen-bond acceptors (Lipinski definition) is 4. The molecule has 0 saturated heterocycles. The lowest BCUT2D eigenvalue weighted by Crippen LogP contribution is -2.23. The number of sulfonamides is 1. The number of amides is 1. The molecular weight excluding hydrogens is 387 g/mol. The minimum Gasteiger partial charge on any atom is -0.325 e. The predicted molar refractivity (Wildman–Crippen MR) is 108 cm³/mol. The summed E-state index contributed by atoms with van der Waals surface area (Å²) in [5, 5.41) is 2.78. The number of rotatable bonds is 7. The van der Waals surface area contributed by atoms with Gasteiger partial charge in [-0.1, -0.05) is 12.1 Å². The van der Waals surface area contributed by atoms with Crippen molar-refractivity contribution in [3.63, 3.8) is 0 Å². The molecule has 0 bridgehead atoms. The van der Waals surface area contributed by atoms with Crippen LogP contribution in [0.15, 0.2) is 41.3 Å². The summed E-state index contributed by atoms with van der Waals surface area (Å²) in [6, 6.07) is 9.33. The zero-order valence-electron chi connectivity index (χ0n) is 15.7. The van der Waals surface area contributed by atoms with Crippen molar-refractivity contribution in [1.82, 2.24) is 4.31 Å². The molecule has 0 aliphatic heterocycles. The first-order chi connectivity index (χ1) is 12.6. The minimum absolute atomic E-state index is 0.137. The summed E-state index contributed by atoms with van der Waals surface area (Å²) in [7, 11) is -0.662. The Morgan fingerprint density at radius 3 is 2.52 bits per heavy atom. The third-order valence-corrected chi connectivity index (χ3v) is 6.88. The third kappa shape index (κ3) is 5.54. The SMILES string of the molecule is Cc1cc(S(=O)(=O)N(C)C)cc(NC(=O)CSCc2cccc(F)c2)c1C. The molecule has 8 heteroatoms. The monoisotopic (exact) mass is 410 g/mol. The van der Waals surface area contributed by atoms with Gasteiger partial charge in [0.1, 0.15) is 5.82 Å². The van der Waals surface area contributed by atoms with Gasteiger partial charge in [-0.2, -0.15) is 0 Å². The van der Waals surface area contributed by atoms with Gasteiger partial charge in [-0.05, 0) is 54.8 Å². The number of aryl methyl sites for hydroxylation is 1. The molecule has 0 heterocycles. The molecule has 2 aromatic rings. The maximum atomic E-state index is 13.2. The largest absolute Gasteiger partial charge is 0.325 e. The van der Waals surface area contributed by atoms with Crippen molar-refractivity contribution in [1.29, 1.82) is 0 Å².